The molecule has 22 heavy (non-hydrogen) atoms. The maximum atomic E-state index is 12.8. The monoisotopic (exact) mass is 352 g/mol. The molecule has 0 saturated heterocycles. The van der Waals surface area contributed by atoms with Crippen LogP contribution in [0.4, 0.5) is 9.52 Å². The molecule has 0 amide bonds. The molecule has 0 aliphatic heterocycles. The highest BCUT2D eigenvalue weighted by molar-refractivity contribution is 8.00. The van der Waals surface area contributed by atoms with Gasteiger partial charge in [-0.05, 0) is 24.6 Å². The summed E-state index contributed by atoms with van der Waals surface area (Å²) < 4.78 is 13.8. The smallest absolute Gasteiger partial charge is 0.206 e. The van der Waals surface area contributed by atoms with Crippen LogP contribution >= 0.6 is 34.4 Å². The molecule has 2 heterocycles. The predicted octanol–water partition coefficient (Wildman–Crippen LogP) is 4.35. The number of benzene rings is 1. The average molecular weight is 352 g/mol. The van der Waals surface area contributed by atoms with Gasteiger partial charge < -0.3 is 5.32 Å². The average Bonchev–Trinajstić information content (AvgIpc) is 3.13. The summed E-state index contributed by atoms with van der Waals surface area (Å²) in [5.74, 6) is 0.634. The van der Waals surface area contributed by atoms with Crippen molar-refractivity contribution in [3.63, 3.8) is 0 Å². The SMILES string of the molecule is Cc1ncc(CSc2nnc(NCc3ccc(F)cc3)s2)s1. The van der Waals surface area contributed by atoms with E-state index in [1.54, 1.807) is 35.2 Å². The first-order valence-electron chi connectivity index (χ1n) is 6.55. The molecular weight excluding hydrogens is 339 g/mol. The van der Waals surface area contributed by atoms with Crippen molar-refractivity contribution in [2.45, 2.75) is 23.6 Å². The minimum atomic E-state index is -0.225. The Labute approximate surface area is 139 Å². The van der Waals surface area contributed by atoms with Crippen LogP contribution in [0.3, 0.4) is 0 Å². The highest BCUT2D eigenvalue weighted by Gasteiger charge is 2.06. The number of nitrogens with one attached hydrogen (secondary N) is 1. The van der Waals surface area contributed by atoms with Gasteiger partial charge in [0, 0.05) is 23.4 Å². The van der Waals surface area contributed by atoms with Crippen LogP contribution in [0.5, 0.6) is 0 Å². The van der Waals surface area contributed by atoms with Gasteiger partial charge in [0.15, 0.2) is 4.34 Å². The van der Waals surface area contributed by atoms with Crippen molar-refractivity contribution >= 4 is 39.6 Å². The lowest BCUT2D eigenvalue weighted by Gasteiger charge is -2.01. The molecule has 0 aliphatic carbocycles. The zero-order valence-electron chi connectivity index (χ0n) is 11.7. The van der Waals surface area contributed by atoms with Crippen LogP contribution in [0.1, 0.15) is 15.4 Å². The van der Waals surface area contributed by atoms with Crippen molar-refractivity contribution in [1.29, 1.82) is 0 Å². The number of aryl methyl sites for hydroxylation is 1. The molecule has 0 atom stereocenters. The predicted molar refractivity (Wildman–Crippen MR) is 90.0 cm³/mol. The Morgan fingerprint density at radius 1 is 1.18 bits per heavy atom. The lowest BCUT2D eigenvalue weighted by molar-refractivity contribution is 0.627. The van der Waals surface area contributed by atoms with Gasteiger partial charge in [0.1, 0.15) is 5.82 Å². The lowest BCUT2D eigenvalue weighted by Crippen LogP contribution is -1.98. The zero-order chi connectivity index (χ0) is 15.4. The summed E-state index contributed by atoms with van der Waals surface area (Å²) in [6, 6.07) is 6.42. The van der Waals surface area contributed by atoms with E-state index in [0.29, 0.717) is 6.54 Å². The van der Waals surface area contributed by atoms with E-state index in [2.05, 4.69) is 20.5 Å². The second-order valence-corrected chi connectivity index (χ2v) is 8.01. The van der Waals surface area contributed by atoms with Crippen molar-refractivity contribution in [3.05, 3.63) is 51.7 Å². The standard InChI is InChI=1S/C14H13FN4S3/c1-9-16-7-12(21-9)8-20-14-19-18-13(22-14)17-6-10-2-4-11(15)5-3-10/h2-5,7H,6,8H2,1H3,(H,17,18). The molecule has 0 aliphatic rings. The largest absolute Gasteiger partial charge is 0.356 e. The van der Waals surface area contributed by atoms with Crippen molar-refractivity contribution < 1.29 is 4.39 Å². The molecule has 114 valence electrons. The highest BCUT2D eigenvalue weighted by Crippen LogP contribution is 2.29. The molecule has 4 nitrogen and oxygen atoms in total. The molecule has 2 aromatic heterocycles. The van der Waals surface area contributed by atoms with Crippen LogP contribution in [0, 0.1) is 12.7 Å². The number of hydrogen-bond acceptors (Lipinski definition) is 7. The number of nitrogens with zero attached hydrogens (tertiary/aromatic N) is 3. The maximum Gasteiger partial charge on any atom is 0.206 e. The van der Waals surface area contributed by atoms with Crippen molar-refractivity contribution in [1.82, 2.24) is 15.2 Å². The van der Waals surface area contributed by atoms with E-state index in [9.17, 15) is 4.39 Å². The number of aromatic nitrogens is 3. The van der Waals surface area contributed by atoms with Gasteiger partial charge in [0.2, 0.25) is 5.13 Å². The molecule has 0 unspecified atom stereocenters. The molecule has 0 fully saturated rings. The Hall–Kier alpha value is -1.51. The minimum absolute atomic E-state index is 0.225. The maximum absolute atomic E-state index is 12.8. The fourth-order valence-electron chi connectivity index (χ4n) is 1.72. The number of rotatable bonds is 6. The van der Waals surface area contributed by atoms with E-state index in [1.165, 1.54) is 28.3 Å². The first kappa shape index (κ1) is 15.4. The van der Waals surface area contributed by atoms with Crippen LogP contribution in [0.2, 0.25) is 0 Å². The van der Waals surface area contributed by atoms with Gasteiger partial charge in [-0.1, -0.05) is 35.2 Å². The summed E-state index contributed by atoms with van der Waals surface area (Å²) >= 11 is 4.88. The quantitative estimate of drug-likeness (QED) is 0.669. The van der Waals surface area contributed by atoms with E-state index >= 15 is 0 Å². The molecule has 0 bridgehead atoms. The van der Waals surface area contributed by atoms with Crippen LogP contribution < -0.4 is 5.32 Å². The van der Waals surface area contributed by atoms with Crippen LogP contribution in [0.25, 0.3) is 0 Å². The van der Waals surface area contributed by atoms with Crippen LogP contribution in [0.15, 0.2) is 34.8 Å². The van der Waals surface area contributed by atoms with E-state index in [0.717, 1.165) is 25.8 Å². The number of thiazole rings is 1. The first-order valence-corrected chi connectivity index (χ1v) is 9.17. The van der Waals surface area contributed by atoms with Crippen LogP contribution in [-0.2, 0) is 12.3 Å². The third kappa shape index (κ3) is 4.25. The van der Waals surface area contributed by atoms with Gasteiger partial charge in [0.05, 0.1) is 5.01 Å². The summed E-state index contributed by atoms with van der Waals surface area (Å²) in [5.41, 5.74) is 1.01. The number of halogens is 1. The summed E-state index contributed by atoms with van der Waals surface area (Å²) in [6.45, 7) is 2.61. The first-order chi connectivity index (χ1) is 10.7. The third-order valence-corrected chi connectivity index (χ3v) is 5.93. The summed E-state index contributed by atoms with van der Waals surface area (Å²) in [7, 11) is 0. The van der Waals surface area contributed by atoms with Crippen LogP contribution in [-0.4, -0.2) is 15.2 Å². The zero-order valence-corrected chi connectivity index (χ0v) is 14.2. The topological polar surface area (TPSA) is 50.7 Å². The van der Waals surface area contributed by atoms with Gasteiger partial charge in [-0.3, -0.25) is 0 Å². The fraction of sp³-hybridized carbons (Fsp3) is 0.214. The van der Waals surface area contributed by atoms with Gasteiger partial charge in [0.25, 0.3) is 0 Å². The minimum Gasteiger partial charge on any atom is -0.356 e. The Bertz CT molecular complexity index is 739. The fourth-order valence-corrected chi connectivity index (χ4v) is 4.29. The summed E-state index contributed by atoms with van der Waals surface area (Å²) in [6.07, 6.45) is 1.90. The molecule has 3 rings (SSSR count). The molecular formula is C14H13FN4S3. The Kier molecular flexibility index (Phi) is 5.01. The van der Waals surface area contributed by atoms with Gasteiger partial charge in [-0.25, -0.2) is 9.37 Å². The number of thioether (sulfide) groups is 1. The molecule has 8 heteroatoms. The van der Waals surface area contributed by atoms with Crippen molar-refractivity contribution in [2.75, 3.05) is 5.32 Å². The summed E-state index contributed by atoms with van der Waals surface area (Å²) in [4.78, 5) is 5.47. The molecule has 0 saturated carbocycles. The molecule has 0 radical (unpaired) electrons. The molecule has 0 spiro atoms. The second-order valence-electron chi connectivity index (χ2n) is 4.49. The number of hydrogen-bond donors (Lipinski definition) is 1. The van der Waals surface area contributed by atoms with E-state index in [4.69, 9.17) is 0 Å². The summed E-state index contributed by atoms with van der Waals surface area (Å²) in [5, 5.41) is 13.3. The number of anilines is 1. The van der Waals surface area contributed by atoms with E-state index in [-0.39, 0.29) is 5.82 Å². The molecule has 1 N–H and O–H groups in total. The van der Waals surface area contributed by atoms with Gasteiger partial charge in [-0.2, -0.15) is 0 Å². The highest BCUT2D eigenvalue weighted by atomic mass is 32.2. The van der Waals surface area contributed by atoms with Crippen molar-refractivity contribution in [2.24, 2.45) is 0 Å². The van der Waals surface area contributed by atoms with E-state index in [1.807, 2.05) is 13.1 Å². The third-order valence-electron chi connectivity index (χ3n) is 2.77. The Morgan fingerprint density at radius 2 is 2.00 bits per heavy atom. The normalized spacial score (nSPS) is 10.8. The van der Waals surface area contributed by atoms with E-state index < -0.39 is 0 Å². The van der Waals surface area contributed by atoms with Gasteiger partial charge >= 0.3 is 0 Å². The van der Waals surface area contributed by atoms with Gasteiger partial charge in [-0.15, -0.1) is 21.5 Å². The Balaban J connectivity index is 1.51. The van der Waals surface area contributed by atoms with Crippen molar-refractivity contribution in [3.8, 4) is 0 Å². The lowest BCUT2D eigenvalue weighted by atomic mass is 10.2. The Morgan fingerprint density at radius 3 is 2.73 bits per heavy atom. The molecule has 3 aromatic rings. The molecule has 1 aromatic carbocycles. The second kappa shape index (κ2) is 7.17.